The number of hydrogen-bond donors (Lipinski definition) is 4. The first-order valence-electron chi connectivity index (χ1n) is 8.84. The van der Waals surface area contributed by atoms with Gasteiger partial charge >= 0.3 is 0 Å². The molecule has 0 fully saturated rings. The van der Waals surface area contributed by atoms with Crippen molar-refractivity contribution in [1.29, 1.82) is 0 Å². The van der Waals surface area contributed by atoms with Gasteiger partial charge in [-0.1, -0.05) is 0 Å². The Kier molecular flexibility index (Phi) is 9.87. The highest BCUT2D eigenvalue weighted by Gasteiger charge is 2.24. The van der Waals surface area contributed by atoms with Crippen LogP contribution in [0.1, 0.15) is 29.8 Å². The molecule has 0 saturated carbocycles. The third kappa shape index (κ3) is 7.43. The number of guanidine groups is 1. The predicted octanol–water partition coefficient (Wildman–Crippen LogP) is 0.626. The summed E-state index contributed by atoms with van der Waals surface area (Å²) in [6, 6.07) is 3.43. The van der Waals surface area contributed by atoms with E-state index in [-0.39, 0.29) is 36.4 Å². The van der Waals surface area contributed by atoms with E-state index >= 15 is 0 Å². The number of carbonyl (C=O) groups is 1. The molecule has 9 nitrogen and oxygen atoms in total. The molecule has 28 heavy (non-hydrogen) atoms. The Morgan fingerprint density at radius 1 is 1.29 bits per heavy atom. The van der Waals surface area contributed by atoms with Crippen LogP contribution in [0.15, 0.2) is 41.9 Å². The summed E-state index contributed by atoms with van der Waals surface area (Å²) in [6.45, 7) is 5.44. The van der Waals surface area contributed by atoms with Crippen LogP contribution in [0.2, 0.25) is 0 Å². The molecule has 2 aromatic heterocycles. The number of carbonyl (C=O) groups excluding carboxylic acids is 1. The lowest BCUT2D eigenvalue weighted by atomic mass is 10.0. The maximum Gasteiger partial charge on any atom is 0.252 e. The first-order valence-corrected chi connectivity index (χ1v) is 8.84. The molecule has 154 valence electrons. The Balaban J connectivity index is 0.00000392. The van der Waals surface area contributed by atoms with Gasteiger partial charge in [0.1, 0.15) is 5.60 Å². The van der Waals surface area contributed by atoms with Gasteiger partial charge in [0.05, 0.1) is 18.3 Å². The monoisotopic (exact) mass is 501 g/mol. The van der Waals surface area contributed by atoms with Crippen LogP contribution in [0.4, 0.5) is 0 Å². The average Bonchev–Trinajstić information content (AvgIpc) is 3.11. The number of aliphatic hydroxyl groups is 1. The molecule has 0 bridgehead atoms. The van der Waals surface area contributed by atoms with Gasteiger partial charge in [-0.25, -0.2) is 4.99 Å². The Morgan fingerprint density at radius 3 is 2.64 bits per heavy atom. The number of halogens is 1. The highest BCUT2D eigenvalue weighted by Crippen LogP contribution is 2.19. The van der Waals surface area contributed by atoms with Crippen LogP contribution in [-0.4, -0.2) is 57.9 Å². The van der Waals surface area contributed by atoms with Crippen LogP contribution in [0.3, 0.4) is 0 Å². The second kappa shape index (κ2) is 11.6. The fraction of sp³-hybridized carbons (Fsp3) is 0.444. The van der Waals surface area contributed by atoms with Crippen LogP contribution in [0, 0.1) is 0 Å². The Bertz CT molecular complexity index is 762. The molecule has 0 aliphatic carbocycles. The summed E-state index contributed by atoms with van der Waals surface area (Å²) in [7, 11) is 1.80. The molecule has 2 heterocycles. The minimum atomic E-state index is -1.12. The Morgan fingerprint density at radius 2 is 2.04 bits per heavy atom. The van der Waals surface area contributed by atoms with E-state index in [1.807, 2.05) is 6.92 Å². The normalized spacial score (nSPS) is 13.2. The zero-order valence-electron chi connectivity index (χ0n) is 16.3. The molecule has 4 N–H and O–H groups in total. The SMILES string of the molecule is CCNC(=NCC(C)(O)c1cnn(C)c1)NCCNC(=O)c1cccnc1.I. The number of rotatable bonds is 8. The van der Waals surface area contributed by atoms with E-state index in [0.29, 0.717) is 36.7 Å². The van der Waals surface area contributed by atoms with E-state index < -0.39 is 5.60 Å². The molecule has 0 spiro atoms. The van der Waals surface area contributed by atoms with Crippen molar-refractivity contribution in [2.45, 2.75) is 19.4 Å². The van der Waals surface area contributed by atoms with Gasteiger partial charge in [-0.3, -0.25) is 14.5 Å². The van der Waals surface area contributed by atoms with Crippen LogP contribution in [0.25, 0.3) is 0 Å². The Hall–Kier alpha value is -2.21. The molecule has 0 radical (unpaired) electrons. The third-order valence-electron chi connectivity index (χ3n) is 3.84. The number of hydrogen-bond acceptors (Lipinski definition) is 5. The maximum atomic E-state index is 12.0. The van der Waals surface area contributed by atoms with Gasteiger partial charge in [0.15, 0.2) is 5.96 Å². The van der Waals surface area contributed by atoms with Crippen molar-refractivity contribution in [3.05, 3.63) is 48.0 Å². The molecule has 1 unspecified atom stereocenters. The zero-order valence-corrected chi connectivity index (χ0v) is 18.7. The number of nitrogens with one attached hydrogen (secondary N) is 3. The largest absolute Gasteiger partial charge is 0.383 e. The number of nitrogens with zero attached hydrogens (tertiary/aromatic N) is 4. The van der Waals surface area contributed by atoms with Crippen LogP contribution < -0.4 is 16.0 Å². The minimum Gasteiger partial charge on any atom is -0.383 e. The highest BCUT2D eigenvalue weighted by molar-refractivity contribution is 14.0. The van der Waals surface area contributed by atoms with Gasteiger partial charge < -0.3 is 21.1 Å². The van der Waals surface area contributed by atoms with E-state index in [1.165, 1.54) is 6.20 Å². The summed E-state index contributed by atoms with van der Waals surface area (Å²) in [5.74, 6) is 0.392. The van der Waals surface area contributed by atoms with Gasteiger partial charge in [-0.05, 0) is 26.0 Å². The van der Waals surface area contributed by atoms with Crippen molar-refractivity contribution in [3.8, 4) is 0 Å². The van der Waals surface area contributed by atoms with E-state index in [2.05, 4.69) is 31.0 Å². The van der Waals surface area contributed by atoms with Gasteiger partial charge in [0, 0.05) is 50.8 Å². The van der Waals surface area contributed by atoms with Crippen molar-refractivity contribution in [3.63, 3.8) is 0 Å². The number of amides is 1. The first kappa shape index (κ1) is 23.8. The van der Waals surface area contributed by atoms with Crippen molar-refractivity contribution >= 4 is 35.8 Å². The number of aryl methyl sites for hydroxylation is 1. The smallest absolute Gasteiger partial charge is 0.252 e. The third-order valence-corrected chi connectivity index (χ3v) is 3.84. The molecule has 0 aromatic carbocycles. The number of aromatic nitrogens is 3. The second-order valence-corrected chi connectivity index (χ2v) is 6.30. The standard InChI is InChI=1S/C18H27N7O2.HI/c1-4-20-17(23-13-18(2,27)15-11-24-25(3)12-15)22-9-8-21-16(26)14-6-5-7-19-10-14;/h5-7,10-12,27H,4,8-9,13H2,1-3H3,(H,21,26)(H2,20,22,23);1H. The second-order valence-electron chi connectivity index (χ2n) is 6.30. The molecule has 0 aliphatic heterocycles. The lowest BCUT2D eigenvalue weighted by Crippen LogP contribution is -2.42. The Labute approximate surface area is 182 Å². The van der Waals surface area contributed by atoms with Gasteiger partial charge in [0.2, 0.25) is 0 Å². The molecule has 2 aromatic rings. The van der Waals surface area contributed by atoms with Gasteiger partial charge in [-0.2, -0.15) is 5.10 Å². The van der Waals surface area contributed by atoms with Gasteiger partial charge in [0.25, 0.3) is 5.91 Å². The predicted molar refractivity (Wildman–Crippen MR) is 119 cm³/mol. The van der Waals surface area contributed by atoms with Crippen LogP contribution in [0.5, 0.6) is 0 Å². The number of aliphatic imine (C=N–C) groups is 1. The maximum absolute atomic E-state index is 12.0. The lowest BCUT2D eigenvalue weighted by molar-refractivity contribution is 0.0672. The highest BCUT2D eigenvalue weighted by atomic mass is 127. The molecule has 2 rings (SSSR count). The molecule has 1 atom stereocenters. The molecule has 0 saturated heterocycles. The minimum absolute atomic E-state index is 0. The van der Waals surface area contributed by atoms with Crippen LogP contribution in [-0.2, 0) is 12.6 Å². The summed E-state index contributed by atoms with van der Waals surface area (Å²) in [6.07, 6.45) is 6.54. The lowest BCUT2D eigenvalue weighted by Gasteiger charge is -2.20. The summed E-state index contributed by atoms with van der Waals surface area (Å²) < 4.78 is 1.64. The molecule has 0 aliphatic rings. The van der Waals surface area contributed by atoms with Crippen LogP contribution >= 0.6 is 24.0 Å². The summed E-state index contributed by atoms with van der Waals surface area (Å²) in [4.78, 5) is 20.3. The van der Waals surface area contributed by atoms with Gasteiger partial charge in [-0.15, -0.1) is 24.0 Å². The van der Waals surface area contributed by atoms with E-state index in [1.54, 1.807) is 49.4 Å². The quantitative estimate of drug-likeness (QED) is 0.183. The van der Waals surface area contributed by atoms with E-state index in [4.69, 9.17) is 0 Å². The fourth-order valence-corrected chi connectivity index (χ4v) is 2.32. The average molecular weight is 501 g/mol. The summed E-state index contributed by atoms with van der Waals surface area (Å²) in [5.41, 5.74) is 0.101. The summed E-state index contributed by atoms with van der Waals surface area (Å²) >= 11 is 0. The van der Waals surface area contributed by atoms with Crippen molar-refractivity contribution in [2.24, 2.45) is 12.0 Å². The molecular weight excluding hydrogens is 473 g/mol. The number of pyridine rings is 1. The van der Waals surface area contributed by atoms with Crippen molar-refractivity contribution in [1.82, 2.24) is 30.7 Å². The summed E-state index contributed by atoms with van der Waals surface area (Å²) in [5, 5.41) is 23.8. The first-order chi connectivity index (χ1) is 12.9. The fourth-order valence-electron chi connectivity index (χ4n) is 2.32. The zero-order chi connectivity index (χ0) is 19.7. The van der Waals surface area contributed by atoms with E-state index in [0.717, 1.165) is 0 Å². The van der Waals surface area contributed by atoms with E-state index in [9.17, 15) is 9.90 Å². The van der Waals surface area contributed by atoms with Crippen molar-refractivity contribution < 1.29 is 9.90 Å². The van der Waals surface area contributed by atoms with Crippen molar-refractivity contribution in [2.75, 3.05) is 26.2 Å². The molecule has 1 amide bonds. The molecule has 10 heteroatoms. The topological polar surface area (TPSA) is 116 Å². The molecular formula is C18H28IN7O2.